The second-order valence-electron chi connectivity index (χ2n) is 5.29. The van der Waals surface area contributed by atoms with Crippen LogP contribution in [-0.2, 0) is 7.05 Å². The maximum absolute atomic E-state index is 12.2. The van der Waals surface area contributed by atoms with Crippen LogP contribution in [0.25, 0.3) is 0 Å². The molecule has 1 fully saturated rings. The average Bonchev–Trinajstić information content (AvgIpc) is 2.97. The molecule has 0 aromatic carbocycles. The van der Waals surface area contributed by atoms with E-state index in [1.54, 1.807) is 9.58 Å². The van der Waals surface area contributed by atoms with Crippen molar-refractivity contribution in [2.75, 3.05) is 31.1 Å². The molecule has 2 heterocycles. The predicted molar refractivity (Wildman–Crippen MR) is 89.5 cm³/mol. The Kier molecular flexibility index (Phi) is 5.40. The first-order valence-electron chi connectivity index (χ1n) is 7.33. The fourth-order valence-corrected chi connectivity index (χ4v) is 2.26. The molecule has 0 bridgehead atoms. The molecular weight excluding hydrogens is 296 g/mol. The van der Waals surface area contributed by atoms with Gasteiger partial charge in [-0.3, -0.25) is 10.00 Å². The SMILES string of the molecule is C=N/C(=C\C=C(/C)O)NC(=O)N1CCN(c2cnn(C)c2)CC1. The molecule has 0 saturated carbocycles. The highest BCUT2D eigenvalue weighted by Crippen LogP contribution is 2.15. The molecule has 0 spiro atoms. The molecule has 2 amide bonds. The van der Waals surface area contributed by atoms with Gasteiger partial charge in [-0.05, 0) is 25.8 Å². The number of carbonyl (C=O) groups excluding carboxylic acids is 1. The number of hydrogen-bond acceptors (Lipinski definition) is 5. The Morgan fingerprint density at radius 2 is 2.09 bits per heavy atom. The Morgan fingerprint density at radius 1 is 1.39 bits per heavy atom. The third kappa shape index (κ3) is 4.60. The summed E-state index contributed by atoms with van der Waals surface area (Å²) in [7, 11) is 1.88. The van der Waals surface area contributed by atoms with E-state index in [2.05, 4.69) is 27.0 Å². The van der Waals surface area contributed by atoms with Crippen LogP contribution in [0.4, 0.5) is 10.5 Å². The second kappa shape index (κ2) is 7.48. The maximum Gasteiger partial charge on any atom is 0.323 e. The smallest absolute Gasteiger partial charge is 0.323 e. The number of nitrogens with one attached hydrogen (secondary N) is 1. The first kappa shape index (κ1) is 16.6. The maximum atomic E-state index is 12.2. The molecule has 0 aliphatic carbocycles. The van der Waals surface area contributed by atoms with Gasteiger partial charge in [-0.15, -0.1) is 0 Å². The van der Waals surface area contributed by atoms with E-state index in [-0.39, 0.29) is 11.8 Å². The number of nitrogens with zero attached hydrogens (tertiary/aromatic N) is 5. The van der Waals surface area contributed by atoms with E-state index >= 15 is 0 Å². The highest BCUT2D eigenvalue weighted by atomic mass is 16.3. The van der Waals surface area contributed by atoms with Crippen molar-refractivity contribution < 1.29 is 9.90 Å². The molecule has 1 aromatic rings. The van der Waals surface area contributed by atoms with Crippen LogP contribution in [0.1, 0.15) is 6.92 Å². The minimum Gasteiger partial charge on any atom is -0.513 e. The summed E-state index contributed by atoms with van der Waals surface area (Å²) in [6, 6.07) is -0.224. The van der Waals surface area contributed by atoms with Crippen LogP contribution < -0.4 is 10.2 Å². The monoisotopic (exact) mass is 318 g/mol. The third-order valence-electron chi connectivity index (χ3n) is 3.51. The lowest BCUT2D eigenvalue weighted by molar-refractivity contribution is 0.197. The number of aliphatic imine (C=N–C) groups is 1. The number of carbonyl (C=O) groups is 1. The molecular formula is C15H22N6O2. The van der Waals surface area contributed by atoms with Gasteiger partial charge in [0.05, 0.1) is 17.6 Å². The van der Waals surface area contributed by atoms with Crippen LogP contribution in [0.5, 0.6) is 0 Å². The van der Waals surface area contributed by atoms with Crippen LogP contribution in [0.15, 0.2) is 41.1 Å². The van der Waals surface area contributed by atoms with Gasteiger partial charge in [0.25, 0.3) is 0 Å². The number of piperazine rings is 1. The number of allylic oxidation sites excluding steroid dienone is 3. The average molecular weight is 318 g/mol. The number of urea groups is 1. The van der Waals surface area contributed by atoms with Crippen molar-refractivity contribution in [3.05, 3.63) is 36.1 Å². The zero-order valence-electron chi connectivity index (χ0n) is 13.4. The highest BCUT2D eigenvalue weighted by Gasteiger charge is 2.22. The lowest BCUT2D eigenvalue weighted by atomic mass is 10.3. The van der Waals surface area contributed by atoms with Gasteiger partial charge in [-0.2, -0.15) is 5.10 Å². The molecule has 0 unspecified atom stereocenters. The van der Waals surface area contributed by atoms with Gasteiger partial charge in [0, 0.05) is 39.4 Å². The first-order chi connectivity index (χ1) is 11.0. The molecule has 1 aliphatic rings. The number of aryl methyl sites for hydroxylation is 1. The Balaban J connectivity index is 1.89. The van der Waals surface area contributed by atoms with Crippen molar-refractivity contribution >= 4 is 18.4 Å². The normalized spacial score (nSPS) is 16.4. The zero-order valence-corrected chi connectivity index (χ0v) is 13.4. The molecule has 124 valence electrons. The van der Waals surface area contributed by atoms with E-state index in [4.69, 9.17) is 5.11 Å². The number of aromatic nitrogens is 2. The molecule has 1 aromatic heterocycles. The van der Waals surface area contributed by atoms with Gasteiger partial charge in [-0.1, -0.05) is 0 Å². The van der Waals surface area contributed by atoms with Crippen molar-refractivity contribution in [2.45, 2.75) is 6.92 Å². The van der Waals surface area contributed by atoms with E-state index < -0.39 is 0 Å². The third-order valence-corrected chi connectivity index (χ3v) is 3.51. The molecule has 2 rings (SSSR count). The van der Waals surface area contributed by atoms with E-state index in [1.165, 1.54) is 19.1 Å². The Labute approximate surface area is 135 Å². The number of anilines is 1. The fourth-order valence-electron chi connectivity index (χ4n) is 2.26. The standard InChI is InChI=1S/C15H22N6O2/c1-12(22)4-5-14(16-2)18-15(23)21-8-6-20(7-9-21)13-10-17-19(3)11-13/h4-5,10-11,22H,2,6-9H2,1,3H3,(H,18,23)/b12-4+,14-5+. The molecule has 23 heavy (non-hydrogen) atoms. The second-order valence-corrected chi connectivity index (χ2v) is 5.29. The molecule has 0 radical (unpaired) electrons. The lowest BCUT2D eigenvalue weighted by Gasteiger charge is -2.35. The molecule has 0 atom stereocenters. The summed E-state index contributed by atoms with van der Waals surface area (Å²) >= 11 is 0. The Hall–Kier alpha value is -2.77. The lowest BCUT2D eigenvalue weighted by Crippen LogP contribution is -2.51. The fraction of sp³-hybridized carbons (Fsp3) is 0.400. The van der Waals surface area contributed by atoms with Gasteiger partial charge in [0.2, 0.25) is 0 Å². The number of hydrogen-bond donors (Lipinski definition) is 2. The molecule has 1 saturated heterocycles. The van der Waals surface area contributed by atoms with Crippen LogP contribution in [0, 0.1) is 0 Å². The highest BCUT2D eigenvalue weighted by molar-refractivity contribution is 5.76. The largest absolute Gasteiger partial charge is 0.513 e. The topological polar surface area (TPSA) is 86.0 Å². The van der Waals surface area contributed by atoms with E-state index in [9.17, 15) is 4.79 Å². The number of aliphatic hydroxyl groups is 1. The predicted octanol–water partition coefficient (Wildman–Crippen LogP) is 1.26. The summed E-state index contributed by atoms with van der Waals surface area (Å²) < 4.78 is 1.76. The molecule has 8 nitrogen and oxygen atoms in total. The summed E-state index contributed by atoms with van der Waals surface area (Å²) in [6.45, 7) is 7.66. The number of amides is 2. The number of aliphatic hydroxyl groups excluding tert-OH is 1. The van der Waals surface area contributed by atoms with Crippen molar-refractivity contribution in [3.63, 3.8) is 0 Å². The van der Waals surface area contributed by atoms with Gasteiger partial charge in [0.15, 0.2) is 0 Å². The summed E-state index contributed by atoms with van der Waals surface area (Å²) in [5, 5.41) is 16.0. The Morgan fingerprint density at radius 3 is 2.61 bits per heavy atom. The van der Waals surface area contributed by atoms with Crippen LogP contribution in [0.3, 0.4) is 0 Å². The van der Waals surface area contributed by atoms with Crippen molar-refractivity contribution in [3.8, 4) is 0 Å². The zero-order chi connectivity index (χ0) is 16.8. The van der Waals surface area contributed by atoms with Crippen molar-refractivity contribution in [1.82, 2.24) is 20.0 Å². The van der Waals surface area contributed by atoms with Gasteiger partial charge in [0.1, 0.15) is 5.82 Å². The molecule has 8 heteroatoms. The number of rotatable bonds is 4. The van der Waals surface area contributed by atoms with E-state index in [0.717, 1.165) is 18.8 Å². The summed E-state index contributed by atoms with van der Waals surface area (Å²) in [6.07, 6.45) is 6.74. The molecule has 1 aliphatic heterocycles. The Bertz CT molecular complexity index is 622. The first-order valence-corrected chi connectivity index (χ1v) is 7.33. The van der Waals surface area contributed by atoms with Crippen molar-refractivity contribution in [1.29, 1.82) is 0 Å². The van der Waals surface area contributed by atoms with Gasteiger partial charge in [-0.25, -0.2) is 9.79 Å². The summed E-state index contributed by atoms with van der Waals surface area (Å²) in [5.41, 5.74) is 1.06. The van der Waals surface area contributed by atoms with Crippen LogP contribution in [0.2, 0.25) is 0 Å². The van der Waals surface area contributed by atoms with E-state index in [0.29, 0.717) is 18.9 Å². The summed E-state index contributed by atoms with van der Waals surface area (Å²) in [4.78, 5) is 19.9. The quantitative estimate of drug-likeness (QED) is 0.497. The molecule has 2 N–H and O–H groups in total. The minimum absolute atomic E-state index is 0.130. The van der Waals surface area contributed by atoms with Gasteiger partial charge >= 0.3 is 6.03 Å². The minimum atomic E-state index is -0.224. The van der Waals surface area contributed by atoms with Crippen LogP contribution >= 0.6 is 0 Å². The van der Waals surface area contributed by atoms with Crippen LogP contribution in [-0.4, -0.2) is 58.7 Å². The van der Waals surface area contributed by atoms with Gasteiger partial charge < -0.3 is 14.9 Å². The summed E-state index contributed by atoms with van der Waals surface area (Å²) in [5.74, 6) is 0.434. The van der Waals surface area contributed by atoms with Crippen molar-refractivity contribution in [2.24, 2.45) is 12.0 Å². The van der Waals surface area contributed by atoms with E-state index in [1.807, 2.05) is 19.4 Å².